The van der Waals surface area contributed by atoms with Crippen LogP contribution >= 0.6 is 15.9 Å². The topological polar surface area (TPSA) is 39.4 Å². The van der Waals surface area contributed by atoms with Gasteiger partial charge in [0.1, 0.15) is 11.3 Å². The average Bonchev–Trinajstić information content (AvgIpc) is 2.48. The number of aryl methyl sites for hydroxylation is 2. The molecule has 2 aromatic rings. The maximum Gasteiger partial charge on any atom is 0.336 e. The van der Waals surface area contributed by atoms with Crippen molar-refractivity contribution < 1.29 is 9.15 Å². The van der Waals surface area contributed by atoms with Crippen molar-refractivity contribution in [2.24, 2.45) is 0 Å². The predicted molar refractivity (Wildman–Crippen MR) is 89.8 cm³/mol. The van der Waals surface area contributed by atoms with Gasteiger partial charge in [0.15, 0.2) is 0 Å². The summed E-state index contributed by atoms with van der Waals surface area (Å²) in [4.78, 5) is 11.8. The Labute approximate surface area is 133 Å². The molecule has 2 rings (SSSR count). The summed E-state index contributed by atoms with van der Waals surface area (Å²) in [6.07, 6.45) is 3.59. The lowest BCUT2D eigenvalue weighted by Gasteiger charge is -2.13. The SMILES string of the molecule is CCCc1c(OCCCBr)ccc2c(CC)cc(=O)oc12. The molecular formula is C17H21BrO3. The molecule has 3 nitrogen and oxygen atoms in total. The minimum absolute atomic E-state index is 0.283. The Kier molecular flexibility index (Phi) is 5.85. The lowest BCUT2D eigenvalue weighted by Crippen LogP contribution is -2.05. The molecule has 114 valence electrons. The van der Waals surface area contributed by atoms with Crippen LogP contribution in [-0.2, 0) is 12.8 Å². The van der Waals surface area contributed by atoms with E-state index in [0.29, 0.717) is 12.2 Å². The van der Waals surface area contributed by atoms with Crippen molar-refractivity contribution in [3.05, 3.63) is 39.7 Å². The van der Waals surface area contributed by atoms with E-state index in [9.17, 15) is 4.79 Å². The smallest absolute Gasteiger partial charge is 0.336 e. The van der Waals surface area contributed by atoms with Gasteiger partial charge in [-0.3, -0.25) is 0 Å². The minimum atomic E-state index is -0.283. The van der Waals surface area contributed by atoms with Gasteiger partial charge in [-0.25, -0.2) is 4.79 Å². The highest BCUT2D eigenvalue weighted by atomic mass is 79.9. The fourth-order valence-corrected chi connectivity index (χ4v) is 2.71. The summed E-state index contributed by atoms with van der Waals surface area (Å²) in [6.45, 7) is 4.82. The van der Waals surface area contributed by atoms with E-state index in [1.165, 1.54) is 0 Å². The molecule has 1 heterocycles. The number of benzene rings is 1. The molecule has 0 aliphatic heterocycles. The zero-order valence-corrected chi connectivity index (χ0v) is 14.2. The van der Waals surface area contributed by atoms with E-state index in [-0.39, 0.29) is 5.63 Å². The van der Waals surface area contributed by atoms with Gasteiger partial charge in [-0.1, -0.05) is 36.2 Å². The first kappa shape index (κ1) is 16.1. The quantitative estimate of drug-likeness (QED) is 0.419. The van der Waals surface area contributed by atoms with Gasteiger partial charge in [0, 0.05) is 22.3 Å². The van der Waals surface area contributed by atoms with Gasteiger partial charge in [-0.15, -0.1) is 0 Å². The first-order valence-corrected chi connectivity index (χ1v) is 8.60. The van der Waals surface area contributed by atoms with Crippen LogP contribution < -0.4 is 10.4 Å². The molecule has 0 fully saturated rings. The van der Waals surface area contributed by atoms with Gasteiger partial charge < -0.3 is 9.15 Å². The fourth-order valence-electron chi connectivity index (χ4n) is 2.48. The average molecular weight is 353 g/mol. The number of fused-ring (bicyclic) bond motifs is 1. The molecule has 0 saturated carbocycles. The normalized spacial score (nSPS) is 11.0. The Balaban J connectivity index is 2.55. The molecule has 0 spiro atoms. The number of ether oxygens (including phenoxy) is 1. The van der Waals surface area contributed by atoms with Crippen LogP contribution in [0.15, 0.2) is 27.4 Å². The molecule has 21 heavy (non-hydrogen) atoms. The van der Waals surface area contributed by atoms with E-state index in [4.69, 9.17) is 9.15 Å². The molecular weight excluding hydrogens is 332 g/mol. The number of alkyl halides is 1. The van der Waals surface area contributed by atoms with E-state index >= 15 is 0 Å². The first-order chi connectivity index (χ1) is 10.2. The van der Waals surface area contributed by atoms with Gasteiger partial charge in [0.05, 0.1) is 6.61 Å². The van der Waals surface area contributed by atoms with Gasteiger partial charge in [-0.2, -0.15) is 0 Å². The van der Waals surface area contributed by atoms with Crippen molar-refractivity contribution in [2.45, 2.75) is 39.5 Å². The highest BCUT2D eigenvalue weighted by Gasteiger charge is 2.13. The molecule has 0 saturated heterocycles. The third-order valence-corrected chi connectivity index (χ3v) is 4.04. The van der Waals surface area contributed by atoms with Crippen LogP contribution in [0.25, 0.3) is 11.0 Å². The standard InChI is InChI=1S/C17H21BrO3/c1-3-6-14-15(20-10-5-9-18)8-7-13-12(4-2)11-16(19)21-17(13)14/h7-8,11H,3-6,9-10H2,1-2H3. The van der Waals surface area contributed by atoms with Crippen LogP contribution in [0.3, 0.4) is 0 Å². The zero-order valence-electron chi connectivity index (χ0n) is 12.6. The van der Waals surface area contributed by atoms with E-state index < -0.39 is 0 Å². The van der Waals surface area contributed by atoms with Crippen molar-refractivity contribution in [3.63, 3.8) is 0 Å². The third kappa shape index (κ3) is 3.67. The van der Waals surface area contributed by atoms with Crippen LogP contribution in [0.5, 0.6) is 5.75 Å². The summed E-state index contributed by atoms with van der Waals surface area (Å²) in [7, 11) is 0. The Morgan fingerprint density at radius 1 is 1.29 bits per heavy atom. The Hall–Kier alpha value is -1.29. The molecule has 0 radical (unpaired) electrons. The van der Waals surface area contributed by atoms with Crippen molar-refractivity contribution in [3.8, 4) is 5.75 Å². The Morgan fingerprint density at radius 2 is 2.10 bits per heavy atom. The Morgan fingerprint density at radius 3 is 2.76 bits per heavy atom. The molecule has 0 aliphatic carbocycles. The molecule has 0 atom stereocenters. The summed E-state index contributed by atoms with van der Waals surface area (Å²) in [5.41, 5.74) is 2.45. The monoisotopic (exact) mass is 352 g/mol. The largest absolute Gasteiger partial charge is 0.493 e. The first-order valence-electron chi connectivity index (χ1n) is 7.48. The highest BCUT2D eigenvalue weighted by molar-refractivity contribution is 9.09. The fraction of sp³-hybridized carbons (Fsp3) is 0.471. The summed E-state index contributed by atoms with van der Waals surface area (Å²) in [5, 5.41) is 1.94. The number of halogens is 1. The van der Waals surface area contributed by atoms with Crippen molar-refractivity contribution in [2.75, 3.05) is 11.9 Å². The number of hydrogen-bond acceptors (Lipinski definition) is 3. The van der Waals surface area contributed by atoms with Gasteiger partial charge in [0.25, 0.3) is 0 Å². The third-order valence-electron chi connectivity index (χ3n) is 3.47. The van der Waals surface area contributed by atoms with Crippen molar-refractivity contribution in [1.82, 2.24) is 0 Å². The molecule has 0 N–H and O–H groups in total. The second-order valence-electron chi connectivity index (χ2n) is 5.00. The van der Waals surface area contributed by atoms with Crippen LogP contribution in [0, 0.1) is 0 Å². The molecule has 1 aromatic heterocycles. The second kappa shape index (κ2) is 7.64. The maximum absolute atomic E-state index is 11.8. The van der Waals surface area contributed by atoms with E-state index in [1.807, 2.05) is 19.1 Å². The minimum Gasteiger partial charge on any atom is -0.493 e. The maximum atomic E-state index is 11.8. The van der Waals surface area contributed by atoms with Crippen LogP contribution in [0.2, 0.25) is 0 Å². The molecule has 0 unspecified atom stereocenters. The molecule has 0 aliphatic rings. The lowest BCUT2D eigenvalue weighted by atomic mass is 10.0. The summed E-state index contributed by atoms with van der Waals surface area (Å²) >= 11 is 3.40. The Bertz CT molecular complexity index is 661. The summed E-state index contributed by atoms with van der Waals surface area (Å²) < 4.78 is 11.3. The van der Waals surface area contributed by atoms with Crippen molar-refractivity contribution in [1.29, 1.82) is 0 Å². The summed E-state index contributed by atoms with van der Waals surface area (Å²) in [6, 6.07) is 5.59. The zero-order chi connectivity index (χ0) is 15.2. The van der Waals surface area contributed by atoms with Crippen LogP contribution in [0.4, 0.5) is 0 Å². The lowest BCUT2D eigenvalue weighted by molar-refractivity contribution is 0.315. The molecule has 1 aromatic carbocycles. The molecule has 4 heteroatoms. The van der Waals surface area contributed by atoms with Gasteiger partial charge in [0.2, 0.25) is 0 Å². The van der Waals surface area contributed by atoms with E-state index in [2.05, 4.69) is 22.9 Å². The van der Waals surface area contributed by atoms with E-state index in [1.54, 1.807) is 6.07 Å². The predicted octanol–water partition coefficient (Wildman–Crippen LogP) is 4.47. The highest BCUT2D eigenvalue weighted by Crippen LogP contribution is 2.30. The van der Waals surface area contributed by atoms with E-state index in [0.717, 1.165) is 53.3 Å². The number of hydrogen-bond donors (Lipinski definition) is 0. The van der Waals surface area contributed by atoms with Crippen LogP contribution in [0.1, 0.15) is 37.8 Å². The van der Waals surface area contributed by atoms with Gasteiger partial charge in [-0.05, 0) is 37.0 Å². The van der Waals surface area contributed by atoms with Crippen LogP contribution in [-0.4, -0.2) is 11.9 Å². The van der Waals surface area contributed by atoms with Gasteiger partial charge >= 0.3 is 5.63 Å². The molecule has 0 amide bonds. The number of rotatable bonds is 7. The van der Waals surface area contributed by atoms with Crippen molar-refractivity contribution >= 4 is 26.9 Å². The second-order valence-corrected chi connectivity index (χ2v) is 5.80. The molecule has 0 bridgehead atoms. The summed E-state index contributed by atoms with van der Waals surface area (Å²) in [5.74, 6) is 0.835.